The molecular weight excluding hydrogens is 312 g/mol. The molecule has 1 N–H and O–H groups in total. The normalized spacial score (nSPS) is 11.6. The third-order valence-electron chi connectivity index (χ3n) is 4.01. The molecule has 25 heavy (non-hydrogen) atoms. The Morgan fingerprint density at radius 2 is 1.56 bits per heavy atom. The molecule has 0 heterocycles. The van der Waals surface area contributed by atoms with Gasteiger partial charge in [0.2, 0.25) is 11.8 Å². The Morgan fingerprint density at radius 1 is 0.960 bits per heavy atom. The molecule has 0 unspecified atom stereocenters. The van der Waals surface area contributed by atoms with E-state index in [1.807, 2.05) is 74.5 Å². The zero-order valence-corrected chi connectivity index (χ0v) is 14.9. The smallest absolute Gasteiger partial charge is 0.247 e. The number of hydrogen-bond donors (Lipinski definition) is 1. The molecule has 2 aromatic rings. The van der Waals surface area contributed by atoms with E-state index in [9.17, 15) is 9.59 Å². The topological polar surface area (TPSA) is 49.4 Å². The number of nitrogens with zero attached hydrogens (tertiary/aromatic N) is 1. The van der Waals surface area contributed by atoms with Gasteiger partial charge >= 0.3 is 0 Å². The van der Waals surface area contributed by atoms with Gasteiger partial charge in [0.05, 0.1) is 0 Å². The number of nitrogens with one attached hydrogen (secondary N) is 1. The molecule has 0 aliphatic rings. The maximum Gasteiger partial charge on any atom is 0.247 e. The average Bonchev–Trinajstić information content (AvgIpc) is 2.63. The van der Waals surface area contributed by atoms with Crippen LogP contribution in [0.25, 0.3) is 0 Å². The van der Waals surface area contributed by atoms with Gasteiger partial charge in [-0.2, -0.15) is 0 Å². The first-order valence-electron chi connectivity index (χ1n) is 8.83. The van der Waals surface area contributed by atoms with Crippen LogP contribution in [0.5, 0.6) is 0 Å². The molecule has 0 aromatic heterocycles. The minimum absolute atomic E-state index is 0.00791. The van der Waals surface area contributed by atoms with Gasteiger partial charge in [-0.3, -0.25) is 9.59 Å². The van der Waals surface area contributed by atoms with Gasteiger partial charge in [-0.1, -0.05) is 67.6 Å². The lowest BCUT2D eigenvalue weighted by Gasteiger charge is -2.31. The highest BCUT2D eigenvalue weighted by Gasteiger charge is 2.30. The van der Waals surface area contributed by atoms with E-state index in [1.165, 1.54) is 0 Å². The largest absolute Gasteiger partial charge is 0.354 e. The molecule has 0 fully saturated rings. The van der Waals surface area contributed by atoms with Gasteiger partial charge in [-0.15, -0.1) is 0 Å². The van der Waals surface area contributed by atoms with E-state index < -0.39 is 6.04 Å². The van der Waals surface area contributed by atoms with Gasteiger partial charge in [-0.25, -0.2) is 0 Å². The molecule has 0 saturated heterocycles. The molecule has 4 heteroatoms. The lowest BCUT2D eigenvalue weighted by molar-refractivity contribution is -0.141. The van der Waals surface area contributed by atoms with Crippen molar-refractivity contribution in [2.75, 3.05) is 6.54 Å². The van der Waals surface area contributed by atoms with Crippen LogP contribution in [0, 0.1) is 0 Å². The molecule has 132 valence electrons. The van der Waals surface area contributed by atoms with Gasteiger partial charge in [0, 0.05) is 19.5 Å². The molecule has 4 nitrogen and oxygen atoms in total. The number of carbonyl (C=O) groups is 2. The zero-order chi connectivity index (χ0) is 18.1. The standard InChI is InChI=1S/C21H26N2O2/c1-3-11-19(24)23(16-17-12-7-5-8-13-17)20(21(25)22-4-2)18-14-9-6-10-15-18/h5-10,12-15,20H,3-4,11,16H2,1-2H3,(H,22,25)/t20-/m0/s1. The molecule has 2 amide bonds. The number of hydrogen-bond acceptors (Lipinski definition) is 2. The Labute approximate surface area is 149 Å². The van der Waals surface area contributed by atoms with Crippen LogP contribution in [-0.2, 0) is 16.1 Å². The van der Waals surface area contributed by atoms with E-state index >= 15 is 0 Å². The maximum atomic E-state index is 12.8. The van der Waals surface area contributed by atoms with Crippen molar-refractivity contribution in [2.45, 2.75) is 39.3 Å². The van der Waals surface area contributed by atoms with Crippen molar-refractivity contribution in [3.63, 3.8) is 0 Å². The highest BCUT2D eigenvalue weighted by Crippen LogP contribution is 2.24. The Kier molecular flexibility index (Phi) is 7.20. The van der Waals surface area contributed by atoms with Crippen molar-refractivity contribution < 1.29 is 9.59 Å². The summed E-state index contributed by atoms with van der Waals surface area (Å²) in [4.78, 5) is 27.3. The maximum absolute atomic E-state index is 12.8. The van der Waals surface area contributed by atoms with Crippen molar-refractivity contribution in [3.05, 3.63) is 71.8 Å². The molecule has 2 rings (SSSR count). The van der Waals surface area contributed by atoms with E-state index in [1.54, 1.807) is 4.90 Å². The monoisotopic (exact) mass is 338 g/mol. The Bertz CT molecular complexity index is 671. The van der Waals surface area contributed by atoms with E-state index in [-0.39, 0.29) is 11.8 Å². The molecule has 0 aliphatic carbocycles. The van der Waals surface area contributed by atoms with Crippen LogP contribution in [-0.4, -0.2) is 23.3 Å². The van der Waals surface area contributed by atoms with Gasteiger partial charge in [0.1, 0.15) is 6.04 Å². The molecule has 2 aromatic carbocycles. The first-order chi connectivity index (χ1) is 12.2. The second-order valence-electron chi connectivity index (χ2n) is 5.97. The first kappa shape index (κ1) is 18.7. The molecule has 0 spiro atoms. The molecule has 0 bridgehead atoms. The minimum Gasteiger partial charge on any atom is -0.354 e. The van der Waals surface area contributed by atoms with Crippen LogP contribution in [0.3, 0.4) is 0 Å². The fourth-order valence-corrected chi connectivity index (χ4v) is 2.84. The molecule has 0 radical (unpaired) electrons. The van der Waals surface area contributed by atoms with E-state index in [4.69, 9.17) is 0 Å². The van der Waals surface area contributed by atoms with Crippen LogP contribution in [0.1, 0.15) is 43.9 Å². The Hall–Kier alpha value is -2.62. The predicted molar refractivity (Wildman–Crippen MR) is 99.8 cm³/mol. The van der Waals surface area contributed by atoms with Crippen LogP contribution >= 0.6 is 0 Å². The summed E-state index contributed by atoms with van der Waals surface area (Å²) in [6, 6.07) is 18.7. The second-order valence-corrected chi connectivity index (χ2v) is 5.97. The molecular formula is C21H26N2O2. The van der Waals surface area contributed by atoms with E-state index in [0.717, 1.165) is 17.5 Å². The lowest BCUT2D eigenvalue weighted by atomic mass is 10.0. The third-order valence-corrected chi connectivity index (χ3v) is 4.01. The van der Waals surface area contributed by atoms with Crippen molar-refractivity contribution in [1.29, 1.82) is 0 Å². The number of likely N-dealkylation sites (N-methyl/N-ethyl adjacent to an activating group) is 1. The Balaban J connectivity index is 2.40. The van der Waals surface area contributed by atoms with Crippen molar-refractivity contribution in [1.82, 2.24) is 10.2 Å². The van der Waals surface area contributed by atoms with Crippen molar-refractivity contribution in [2.24, 2.45) is 0 Å². The summed E-state index contributed by atoms with van der Waals surface area (Å²) in [5, 5.41) is 2.87. The highest BCUT2D eigenvalue weighted by molar-refractivity contribution is 5.88. The van der Waals surface area contributed by atoms with Gasteiger partial charge in [0.25, 0.3) is 0 Å². The predicted octanol–water partition coefficient (Wildman–Crippen LogP) is 3.69. The van der Waals surface area contributed by atoms with Crippen LogP contribution in [0.4, 0.5) is 0 Å². The van der Waals surface area contributed by atoms with Gasteiger partial charge in [0.15, 0.2) is 0 Å². The first-order valence-corrected chi connectivity index (χ1v) is 8.83. The summed E-state index contributed by atoms with van der Waals surface area (Å²) in [5.41, 5.74) is 1.84. The summed E-state index contributed by atoms with van der Waals surface area (Å²) < 4.78 is 0. The fraction of sp³-hybridized carbons (Fsp3) is 0.333. The Morgan fingerprint density at radius 3 is 2.12 bits per heavy atom. The summed E-state index contributed by atoms with van der Waals surface area (Å²) in [6.07, 6.45) is 1.18. The summed E-state index contributed by atoms with van der Waals surface area (Å²) in [6.45, 7) is 4.80. The molecule has 0 saturated carbocycles. The SMILES string of the molecule is CCCC(=O)N(Cc1ccccc1)[C@H](C(=O)NCC)c1ccccc1. The molecule has 1 atom stereocenters. The average molecular weight is 338 g/mol. The van der Waals surface area contributed by atoms with Crippen LogP contribution in [0.2, 0.25) is 0 Å². The fourth-order valence-electron chi connectivity index (χ4n) is 2.84. The summed E-state index contributed by atoms with van der Waals surface area (Å²) in [7, 11) is 0. The highest BCUT2D eigenvalue weighted by atomic mass is 16.2. The number of benzene rings is 2. The van der Waals surface area contributed by atoms with Gasteiger partial charge < -0.3 is 10.2 Å². The quantitative estimate of drug-likeness (QED) is 0.798. The second kappa shape index (κ2) is 9.62. The number of amides is 2. The number of rotatable bonds is 8. The summed E-state index contributed by atoms with van der Waals surface area (Å²) >= 11 is 0. The van der Waals surface area contributed by atoms with Crippen molar-refractivity contribution in [3.8, 4) is 0 Å². The minimum atomic E-state index is -0.625. The third kappa shape index (κ3) is 5.18. The van der Waals surface area contributed by atoms with Crippen LogP contribution < -0.4 is 5.32 Å². The van der Waals surface area contributed by atoms with Gasteiger partial charge in [-0.05, 0) is 24.5 Å². The van der Waals surface area contributed by atoms with Crippen LogP contribution in [0.15, 0.2) is 60.7 Å². The zero-order valence-electron chi connectivity index (χ0n) is 14.9. The summed E-state index contributed by atoms with van der Waals surface area (Å²) in [5.74, 6) is -0.152. The number of carbonyl (C=O) groups excluding carboxylic acids is 2. The lowest BCUT2D eigenvalue weighted by Crippen LogP contribution is -2.43. The van der Waals surface area contributed by atoms with Crippen molar-refractivity contribution >= 4 is 11.8 Å². The van der Waals surface area contributed by atoms with E-state index in [2.05, 4.69) is 5.32 Å². The van der Waals surface area contributed by atoms with E-state index in [0.29, 0.717) is 19.5 Å². The molecule has 0 aliphatic heterocycles.